The molecule has 0 aliphatic rings. The highest BCUT2D eigenvalue weighted by Gasteiger charge is 2.08. The van der Waals surface area contributed by atoms with E-state index in [1.165, 1.54) is 24.4 Å². The predicted molar refractivity (Wildman–Crippen MR) is 54.6 cm³/mol. The highest BCUT2D eigenvalue weighted by atomic mass is 35.5. The molecule has 0 saturated heterocycles. The molecule has 76 valence electrons. The van der Waals surface area contributed by atoms with E-state index in [2.05, 4.69) is 15.2 Å². The quantitative estimate of drug-likeness (QED) is 0.804. The molecule has 0 fully saturated rings. The van der Waals surface area contributed by atoms with E-state index in [-0.39, 0.29) is 11.5 Å². The SMILES string of the molecule is Nc1nncc(-c2cc(Cl)ccc2F)n1. The van der Waals surface area contributed by atoms with Crippen molar-refractivity contribution < 1.29 is 4.39 Å². The number of benzene rings is 1. The number of nitrogens with two attached hydrogens (primary N) is 1. The van der Waals surface area contributed by atoms with E-state index in [1.807, 2.05) is 0 Å². The third kappa shape index (κ3) is 2.02. The van der Waals surface area contributed by atoms with Gasteiger partial charge in [-0.2, -0.15) is 5.10 Å². The van der Waals surface area contributed by atoms with Gasteiger partial charge in [-0.05, 0) is 18.2 Å². The summed E-state index contributed by atoms with van der Waals surface area (Å²) in [5.74, 6) is -0.439. The Morgan fingerprint density at radius 2 is 2.13 bits per heavy atom. The zero-order valence-corrected chi connectivity index (χ0v) is 8.24. The molecular weight excluding hydrogens is 219 g/mol. The van der Waals surface area contributed by atoms with Gasteiger partial charge in [-0.15, -0.1) is 5.10 Å². The molecule has 0 unspecified atom stereocenters. The van der Waals surface area contributed by atoms with Crippen LogP contribution in [0.25, 0.3) is 11.3 Å². The summed E-state index contributed by atoms with van der Waals surface area (Å²) in [7, 11) is 0. The minimum Gasteiger partial charge on any atom is -0.366 e. The van der Waals surface area contributed by atoms with Gasteiger partial charge < -0.3 is 5.73 Å². The van der Waals surface area contributed by atoms with Crippen molar-refractivity contribution in [1.82, 2.24) is 15.2 Å². The molecule has 0 aliphatic carbocycles. The van der Waals surface area contributed by atoms with Crippen LogP contribution in [0, 0.1) is 5.82 Å². The second-order valence-electron chi connectivity index (χ2n) is 2.82. The van der Waals surface area contributed by atoms with Gasteiger partial charge in [-0.25, -0.2) is 9.37 Å². The fourth-order valence-corrected chi connectivity index (χ4v) is 1.31. The molecule has 1 aromatic carbocycles. The first-order valence-corrected chi connectivity index (χ1v) is 4.45. The van der Waals surface area contributed by atoms with Gasteiger partial charge in [0.05, 0.1) is 11.9 Å². The average molecular weight is 225 g/mol. The Hall–Kier alpha value is -1.75. The van der Waals surface area contributed by atoms with E-state index in [0.717, 1.165) is 0 Å². The molecule has 0 aliphatic heterocycles. The van der Waals surface area contributed by atoms with Gasteiger partial charge >= 0.3 is 0 Å². The van der Waals surface area contributed by atoms with E-state index < -0.39 is 5.82 Å². The van der Waals surface area contributed by atoms with Crippen molar-refractivity contribution in [2.24, 2.45) is 0 Å². The molecule has 2 N–H and O–H groups in total. The Balaban J connectivity index is 2.58. The molecular formula is C9H6ClFN4. The van der Waals surface area contributed by atoms with Crippen LogP contribution in [0.4, 0.5) is 10.3 Å². The van der Waals surface area contributed by atoms with Gasteiger partial charge in [-0.3, -0.25) is 0 Å². The number of rotatable bonds is 1. The summed E-state index contributed by atoms with van der Waals surface area (Å²) in [5, 5.41) is 7.48. The molecule has 0 bridgehead atoms. The number of nitrogens with zero attached hydrogens (tertiary/aromatic N) is 3. The van der Waals surface area contributed by atoms with Crippen LogP contribution in [0.5, 0.6) is 0 Å². The highest BCUT2D eigenvalue weighted by Crippen LogP contribution is 2.23. The van der Waals surface area contributed by atoms with Gasteiger partial charge in [0.1, 0.15) is 5.82 Å². The van der Waals surface area contributed by atoms with E-state index in [9.17, 15) is 4.39 Å². The molecule has 0 amide bonds. The van der Waals surface area contributed by atoms with E-state index in [4.69, 9.17) is 17.3 Å². The van der Waals surface area contributed by atoms with E-state index >= 15 is 0 Å². The first-order valence-electron chi connectivity index (χ1n) is 4.07. The van der Waals surface area contributed by atoms with Crippen LogP contribution in [0.1, 0.15) is 0 Å². The summed E-state index contributed by atoms with van der Waals surface area (Å²) in [6, 6.07) is 4.18. The lowest BCUT2D eigenvalue weighted by Gasteiger charge is -2.02. The van der Waals surface area contributed by atoms with Crippen molar-refractivity contribution in [1.29, 1.82) is 0 Å². The summed E-state index contributed by atoms with van der Waals surface area (Å²) < 4.78 is 13.4. The number of anilines is 1. The van der Waals surface area contributed by atoms with Crippen LogP contribution < -0.4 is 5.73 Å². The first-order chi connectivity index (χ1) is 7.16. The number of hydrogen-bond acceptors (Lipinski definition) is 4. The fraction of sp³-hybridized carbons (Fsp3) is 0. The molecule has 1 heterocycles. The van der Waals surface area contributed by atoms with Gasteiger partial charge in [0, 0.05) is 10.6 Å². The van der Waals surface area contributed by atoms with Gasteiger partial charge in [-0.1, -0.05) is 11.6 Å². The van der Waals surface area contributed by atoms with E-state index in [0.29, 0.717) is 10.7 Å². The van der Waals surface area contributed by atoms with Crippen molar-refractivity contribution in [3.63, 3.8) is 0 Å². The monoisotopic (exact) mass is 224 g/mol. The predicted octanol–water partition coefficient (Wildman–Crippen LogP) is 1.91. The average Bonchev–Trinajstić information content (AvgIpc) is 2.22. The maximum Gasteiger partial charge on any atom is 0.240 e. The molecule has 0 saturated carbocycles. The lowest BCUT2D eigenvalue weighted by atomic mass is 10.1. The number of hydrogen-bond donors (Lipinski definition) is 1. The largest absolute Gasteiger partial charge is 0.366 e. The molecule has 4 nitrogen and oxygen atoms in total. The third-order valence-electron chi connectivity index (χ3n) is 1.78. The molecule has 15 heavy (non-hydrogen) atoms. The molecule has 0 atom stereocenters. The zero-order chi connectivity index (χ0) is 10.8. The summed E-state index contributed by atoms with van der Waals surface area (Å²) >= 11 is 5.74. The number of halogens is 2. The van der Waals surface area contributed by atoms with Crippen LogP contribution in [0.15, 0.2) is 24.4 Å². The Bertz CT molecular complexity index is 503. The van der Waals surface area contributed by atoms with Crippen LogP contribution in [-0.4, -0.2) is 15.2 Å². The summed E-state index contributed by atoms with van der Waals surface area (Å²) in [6.07, 6.45) is 1.32. The molecule has 1 aromatic heterocycles. The maximum absolute atomic E-state index is 13.4. The standard InChI is InChI=1S/C9H6ClFN4/c10-5-1-2-7(11)6(3-5)8-4-13-15-9(12)14-8/h1-4H,(H2,12,14,15). The highest BCUT2D eigenvalue weighted by molar-refractivity contribution is 6.30. The first kappa shape index (κ1) is 9.79. The minimum atomic E-state index is -0.431. The number of nitrogen functional groups attached to an aromatic ring is 1. The molecule has 2 aromatic rings. The second kappa shape index (κ2) is 3.78. The van der Waals surface area contributed by atoms with Gasteiger partial charge in [0.15, 0.2) is 0 Å². The fourth-order valence-electron chi connectivity index (χ4n) is 1.14. The molecule has 6 heteroatoms. The van der Waals surface area contributed by atoms with Crippen molar-refractivity contribution in [3.05, 3.63) is 35.2 Å². The Labute approximate surface area is 89.9 Å². The summed E-state index contributed by atoms with van der Waals surface area (Å²) in [5.41, 5.74) is 5.91. The molecule has 0 spiro atoms. The number of aromatic nitrogens is 3. The maximum atomic E-state index is 13.4. The van der Waals surface area contributed by atoms with Crippen LogP contribution in [0.2, 0.25) is 5.02 Å². The van der Waals surface area contributed by atoms with Crippen LogP contribution >= 0.6 is 11.6 Å². The Morgan fingerprint density at radius 3 is 2.87 bits per heavy atom. The zero-order valence-electron chi connectivity index (χ0n) is 7.48. The molecule has 2 rings (SSSR count). The summed E-state index contributed by atoms with van der Waals surface area (Å²) in [6.45, 7) is 0. The van der Waals surface area contributed by atoms with E-state index in [1.54, 1.807) is 0 Å². The minimum absolute atomic E-state index is 0.00752. The third-order valence-corrected chi connectivity index (χ3v) is 2.01. The smallest absolute Gasteiger partial charge is 0.240 e. The van der Waals surface area contributed by atoms with Crippen LogP contribution in [0.3, 0.4) is 0 Å². The molecule has 0 radical (unpaired) electrons. The topological polar surface area (TPSA) is 64.7 Å². The Kier molecular flexibility index (Phi) is 2.47. The summed E-state index contributed by atoms with van der Waals surface area (Å²) in [4.78, 5) is 3.85. The Morgan fingerprint density at radius 1 is 1.33 bits per heavy atom. The lowest BCUT2D eigenvalue weighted by Crippen LogP contribution is -1.99. The second-order valence-corrected chi connectivity index (χ2v) is 3.26. The van der Waals surface area contributed by atoms with Gasteiger partial charge in [0.2, 0.25) is 5.95 Å². The van der Waals surface area contributed by atoms with Crippen molar-refractivity contribution in [2.45, 2.75) is 0 Å². The normalized spacial score (nSPS) is 10.3. The van der Waals surface area contributed by atoms with Crippen molar-refractivity contribution in [3.8, 4) is 11.3 Å². The lowest BCUT2D eigenvalue weighted by molar-refractivity contribution is 0.630. The van der Waals surface area contributed by atoms with Gasteiger partial charge in [0.25, 0.3) is 0 Å². The van der Waals surface area contributed by atoms with Crippen LogP contribution in [-0.2, 0) is 0 Å². The van der Waals surface area contributed by atoms with Crippen molar-refractivity contribution in [2.75, 3.05) is 5.73 Å². The van der Waals surface area contributed by atoms with Crippen molar-refractivity contribution >= 4 is 17.5 Å².